The Hall–Kier alpha value is -1.92. The molecule has 0 spiro atoms. The van der Waals surface area contributed by atoms with Crippen LogP contribution >= 0.6 is 0 Å². The van der Waals surface area contributed by atoms with Gasteiger partial charge in [0, 0.05) is 17.0 Å². The van der Waals surface area contributed by atoms with Crippen LogP contribution in [0.25, 0.3) is 10.8 Å². The van der Waals surface area contributed by atoms with Crippen LogP contribution in [0.1, 0.15) is 13.8 Å². The molecule has 0 saturated heterocycles. The molecule has 5 nitrogen and oxygen atoms in total. The minimum atomic E-state index is -4.27. The van der Waals surface area contributed by atoms with E-state index in [4.69, 9.17) is 4.55 Å². The number of benzene rings is 2. The first-order valence-corrected chi connectivity index (χ1v) is 7.54. The van der Waals surface area contributed by atoms with Crippen molar-refractivity contribution >= 4 is 32.5 Å². The summed E-state index contributed by atoms with van der Waals surface area (Å²) >= 11 is 0. The summed E-state index contributed by atoms with van der Waals surface area (Å²) in [5.74, 6) is -0.343. The molecular weight excluding hydrogens is 278 g/mol. The van der Waals surface area contributed by atoms with E-state index in [2.05, 4.69) is 5.32 Å². The number of hydrogen-bond acceptors (Lipinski definition) is 3. The van der Waals surface area contributed by atoms with Gasteiger partial charge >= 0.3 is 0 Å². The van der Waals surface area contributed by atoms with Crippen LogP contribution in [0, 0.1) is 5.92 Å². The van der Waals surface area contributed by atoms with E-state index in [9.17, 15) is 13.2 Å². The van der Waals surface area contributed by atoms with E-state index in [1.54, 1.807) is 38.1 Å². The normalized spacial score (nSPS) is 11.8. The van der Waals surface area contributed by atoms with Gasteiger partial charge in [0.15, 0.2) is 0 Å². The predicted octanol–water partition coefficient (Wildman–Crippen LogP) is 2.68. The molecule has 2 N–H and O–H groups in total. The molecule has 0 heterocycles. The van der Waals surface area contributed by atoms with Gasteiger partial charge in [0.05, 0.1) is 4.90 Å². The van der Waals surface area contributed by atoms with Crippen molar-refractivity contribution in [2.45, 2.75) is 18.7 Å². The maximum Gasteiger partial charge on any atom is 0.294 e. The van der Waals surface area contributed by atoms with Crippen LogP contribution in [-0.4, -0.2) is 18.9 Å². The Kier molecular flexibility index (Phi) is 3.78. The largest absolute Gasteiger partial charge is 0.325 e. The van der Waals surface area contributed by atoms with Gasteiger partial charge in [-0.3, -0.25) is 9.35 Å². The van der Waals surface area contributed by atoms with Gasteiger partial charge in [-0.1, -0.05) is 32.0 Å². The second-order valence-corrected chi connectivity index (χ2v) is 6.23. The van der Waals surface area contributed by atoms with Crippen molar-refractivity contribution in [2.75, 3.05) is 5.32 Å². The quantitative estimate of drug-likeness (QED) is 0.852. The summed E-state index contributed by atoms with van der Waals surface area (Å²) in [6.45, 7) is 3.54. The zero-order chi connectivity index (χ0) is 14.9. The lowest BCUT2D eigenvalue weighted by atomic mass is 10.1. The third kappa shape index (κ3) is 2.97. The van der Waals surface area contributed by atoms with Crippen LogP contribution in [0.2, 0.25) is 0 Å². The van der Waals surface area contributed by atoms with Gasteiger partial charge in [-0.2, -0.15) is 8.42 Å². The third-order valence-corrected chi connectivity index (χ3v) is 3.78. The number of fused-ring (bicyclic) bond motifs is 1. The molecule has 0 radical (unpaired) electrons. The first kappa shape index (κ1) is 14.5. The first-order chi connectivity index (χ1) is 9.29. The molecule has 0 fully saturated rings. The van der Waals surface area contributed by atoms with Gasteiger partial charge in [0.2, 0.25) is 5.91 Å². The maximum absolute atomic E-state index is 11.8. The highest BCUT2D eigenvalue weighted by Crippen LogP contribution is 2.26. The number of amides is 1. The average molecular weight is 293 g/mol. The summed E-state index contributed by atoms with van der Waals surface area (Å²) in [7, 11) is -4.27. The van der Waals surface area contributed by atoms with Gasteiger partial charge in [-0.15, -0.1) is 0 Å². The number of rotatable bonds is 3. The van der Waals surface area contributed by atoms with Gasteiger partial charge in [-0.05, 0) is 23.6 Å². The van der Waals surface area contributed by atoms with Gasteiger partial charge in [0.25, 0.3) is 10.1 Å². The smallest absolute Gasteiger partial charge is 0.294 e. The fourth-order valence-corrected chi connectivity index (χ4v) is 2.31. The van der Waals surface area contributed by atoms with E-state index in [0.29, 0.717) is 11.1 Å². The number of anilines is 1. The Morgan fingerprint density at radius 2 is 1.90 bits per heavy atom. The standard InChI is InChI=1S/C14H15NO4S/c1-9(2)14(16)15-13-5-3-4-10-6-7-11(8-12(10)13)20(17,18)19/h3-9H,1-2H3,(H,15,16)(H,17,18,19). The fourth-order valence-electron chi connectivity index (χ4n) is 1.80. The minimum Gasteiger partial charge on any atom is -0.325 e. The van der Waals surface area contributed by atoms with E-state index in [0.717, 1.165) is 5.39 Å². The van der Waals surface area contributed by atoms with Crippen LogP contribution < -0.4 is 5.32 Å². The van der Waals surface area contributed by atoms with Crippen LogP contribution in [0.3, 0.4) is 0 Å². The second-order valence-electron chi connectivity index (χ2n) is 4.81. The lowest BCUT2D eigenvalue weighted by molar-refractivity contribution is -0.118. The molecule has 0 aliphatic carbocycles. The van der Waals surface area contributed by atoms with Gasteiger partial charge < -0.3 is 5.32 Å². The Labute approximate surface area is 117 Å². The molecule has 0 aliphatic rings. The number of carbonyl (C=O) groups is 1. The summed E-state index contributed by atoms with van der Waals surface area (Å²) < 4.78 is 31.5. The molecule has 6 heteroatoms. The summed E-state index contributed by atoms with van der Waals surface area (Å²) in [5.41, 5.74) is 0.520. The molecule has 0 aromatic heterocycles. The first-order valence-electron chi connectivity index (χ1n) is 6.10. The van der Waals surface area contributed by atoms with E-state index in [1.165, 1.54) is 12.1 Å². The Morgan fingerprint density at radius 1 is 1.20 bits per heavy atom. The third-order valence-electron chi connectivity index (χ3n) is 2.93. The summed E-state index contributed by atoms with van der Waals surface area (Å²) in [6.07, 6.45) is 0. The van der Waals surface area contributed by atoms with Crippen molar-refractivity contribution in [3.8, 4) is 0 Å². The molecule has 1 amide bonds. The fraction of sp³-hybridized carbons (Fsp3) is 0.214. The molecule has 0 saturated carbocycles. The summed E-state index contributed by atoms with van der Waals surface area (Å²) in [5, 5.41) is 4.09. The summed E-state index contributed by atoms with van der Waals surface area (Å²) in [6, 6.07) is 9.52. The number of carbonyl (C=O) groups excluding carboxylic acids is 1. The highest BCUT2D eigenvalue weighted by Gasteiger charge is 2.13. The Bertz CT molecular complexity index is 766. The second kappa shape index (κ2) is 5.22. The molecule has 20 heavy (non-hydrogen) atoms. The molecular formula is C14H15NO4S. The van der Waals surface area contributed by atoms with E-state index < -0.39 is 10.1 Å². The molecule has 0 atom stereocenters. The van der Waals surface area contributed by atoms with Crippen molar-refractivity contribution in [1.82, 2.24) is 0 Å². The van der Waals surface area contributed by atoms with E-state index >= 15 is 0 Å². The highest BCUT2D eigenvalue weighted by atomic mass is 32.2. The maximum atomic E-state index is 11.8. The van der Waals surface area contributed by atoms with Crippen molar-refractivity contribution in [3.63, 3.8) is 0 Å². The molecule has 0 bridgehead atoms. The zero-order valence-electron chi connectivity index (χ0n) is 11.1. The van der Waals surface area contributed by atoms with Crippen LogP contribution in [0.4, 0.5) is 5.69 Å². The molecule has 2 aromatic rings. The molecule has 0 unspecified atom stereocenters. The SMILES string of the molecule is CC(C)C(=O)Nc1cccc2ccc(S(=O)(=O)O)cc12. The van der Waals surface area contributed by atoms with Crippen molar-refractivity contribution in [1.29, 1.82) is 0 Å². The van der Waals surface area contributed by atoms with Crippen LogP contribution in [-0.2, 0) is 14.9 Å². The highest BCUT2D eigenvalue weighted by molar-refractivity contribution is 7.85. The molecule has 106 valence electrons. The number of hydrogen-bond donors (Lipinski definition) is 2. The summed E-state index contributed by atoms with van der Waals surface area (Å²) in [4.78, 5) is 11.6. The monoisotopic (exact) mass is 293 g/mol. The lowest BCUT2D eigenvalue weighted by Gasteiger charge is -2.11. The predicted molar refractivity (Wildman–Crippen MR) is 77.2 cm³/mol. The van der Waals surface area contributed by atoms with Crippen LogP contribution in [0.15, 0.2) is 41.3 Å². The van der Waals surface area contributed by atoms with Gasteiger partial charge in [0.1, 0.15) is 0 Å². The zero-order valence-corrected chi connectivity index (χ0v) is 11.9. The van der Waals surface area contributed by atoms with Crippen molar-refractivity contribution in [2.24, 2.45) is 5.92 Å². The lowest BCUT2D eigenvalue weighted by Crippen LogP contribution is -2.17. The van der Waals surface area contributed by atoms with Crippen molar-refractivity contribution < 1.29 is 17.8 Å². The Morgan fingerprint density at radius 3 is 2.50 bits per heavy atom. The topological polar surface area (TPSA) is 83.5 Å². The molecule has 2 aromatic carbocycles. The molecule has 0 aliphatic heterocycles. The minimum absolute atomic E-state index is 0.158. The average Bonchev–Trinajstić information content (AvgIpc) is 2.37. The Balaban J connectivity index is 2.58. The van der Waals surface area contributed by atoms with E-state index in [1.807, 2.05) is 0 Å². The van der Waals surface area contributed by atoms with Gasteiger partial charge in [-0.25, -0.2) is 0 Å². The van der Waals surface area contributed by atoms with Crippen LogP contribution in [0.5, 0.6) is 0 Å². The molecule has 2 rings (SSSR count). The number of nitrogens with one attached hydrogen (secondary N) is 1. The van der Waals surface area contributed by atoms with E-state index in [-0.39, 0.29) is 16.7 Å². The van der Waals surface area contributed by atoms with Crippen molar-refractivity contribution in [3.05, 3.63) is 36.4 Å².